The molecule has 2 aliphatic rings. The quantitative estimate of drug-likeness (QED) is 0.334. The fraction of sp³-hybridized carbons (Fsp3) is 1.00. The third kappa shape index (κ3) is 5.65. The van der Waals surface area contributed by atoms with Crippen LogP contribution in [-0.2, 0) is 9.47 Å². The van der Waals surface area contributed by atoms with Gasteiger partial charge in [-0.3, -0.25) is 4.90 Å². The summed E-state index contributed by atoms with van der Waals surface area (Å²) in [5.41, 5.74) is -5.24. The summed E-state index contributed by atoms with van der Waals surface area (Å²) >= 11 is 0. The third-order valence-corrected chi connectivity index (χ3v) is 5.54. The molecule has 2 fully saturated rings. The molecule has 34 heavy (non-hydrogen) atoms. The van der Waals surface area contributed by atoms with Crippen molar-refractivity contribution in [2.24, 2.45) is 0 Å². The summed E-state index contributed by atoms with van der Waals surface area (Å²) in [5, 5.41) is 0. The van der Waals surface area contributed by atoms with Crippen LogP contribution in [0.3, 0.4) is 0 Å². The molecule has 2 heterocycles. The van der Waals surface area contributed by atoms with E-state index in [2.05, 4.69) is 9.47 Å². The smallest absolute Gasteiger partial charge is 0.365 e. The van der Waals surface area contributed by atoms with Gasteiger partial charge >= 0.3 is 24.5 Å². The molecule has 2 rings (SSSR count). The minimum Gasteiger partial charge on any atom is -0.365 e. The van der Waals surface area contributed by atoms with Gasteiger partial charge in [-0.1, -0.05) is 0 Å². The first kappa shape index (κ1) is 29.1. The standard InChI is InChI=1S/C17H19F14NO2/c1-7-5-32(6-10(33-7)15(23,24)25)12(19)13(20,17(29,30)31)8-3-2-4-9(34-8)14(21,22)11(18)16(26,27)28/h7-12H,2-6H2,1H3. The summed E-state index contributed by atoms with van der Waals surface area (Å²) < 4.78 is 197. The summed E-state index contributed by atoms with van der Waals surface area (Å²) in [7, 11) is 0. The van der Waals surface area contributed by atoms with E-state index in [-0.39, 0.29) is 4.90 Å². The van der Waals surface area contributed by atoms with Gasteiger partial charge in [-0.05, 0) is 26.2 Å². The lowest BCUT2D eigenvalue weighted by Gasteiger charge is -2.47. The largest absolute Gasteiger partial charge is 0.429 e. The molecule has 2 saturated heterocycles. The predicted molar refractivity (Wildman–Crippen MR) is 85.2 cm³/mol. The van der Waals surface area contributed by atoms with Gasteiger partial charge in [0, 0.05) is 13.1 Å². The fourth-order valence-corrected chi connectivity index (χ4v) is 3.88. The van der Waals surface area contributed by atoms with Gasteiger partial charge in [0.2, 0.25) is 0 Å². The average molecular weight is 535 g/mol. The normalized spacial score (nSPS) is 32.2. The van der Waals surface area contributed by atoms with Crippen molar-refractivity contribution >= 4 is 0 Å². The number of alkyl halides is 14. The van der Waals surface area contributed by atoms with Crippen molar-refractivity contribution < 1.29 is 70.9 Å². The van der Waals surface area contributed by atoms with Crippen LogP contribution in [0.15, 0.2) is 0 Å². The Labute approximate surface area is 183 Å². The Hall–Kier alpha value is -1.10. The molecule has 0 bridgehead atoms. The van der Waals surface area contributed by atoms with Gasteiger partial charge in [-0.15, -0.1) is 0 Å². The number of halogens is 14. The van der Waals surface area contributed by atoms with E-state index in [0.717, 1.165) is 6.92 Å². The minimum atomic E-state index is -6.26. The highest BCUT2D eigenvalue weighted by molar-refractivity contribution is 5.05. The Morgan fingerprint density at radius 2 is 1.26 bits per heavy atom. The van der Waals surface area contributed by atoms with Crippen LogP contribution in [0.4, 0.5) is 61.5 Å². The lowest BCUT2D eigenvalue weighted by molar-refractivity contribution is -0.341. The molecular formula is C17H19F14NO2. The zero-order valence-corrected chi connectivity index (χ0v) is 17.1. The van der Waals surface area contributed by atoms with E-state index in [1.807, 2.05) is 0 Å². The SMILES string of the molecule is CC1CN(C(F)C(F)(C2CCCC(C(F)(F)C(F)C(F)(F)F)O2)C(F)(F)F)CC(C(F)(F)F)O1. The van der Waals surface area contributed by atoms with Crippen LogP contribution < -0.4 is 0 Å². The maximum atomic E-state index is 15.4. The Kier molecular flexibility index (Phi) is 8.06. The number of rotatable bonds is 5. The molecule has 17 heteroatoms. The van der Waals surface area contributed by atoms with E-state index >= 15 is 8.78 Å². The fourth-order valence-electron chi connectivity index (χ4n) is 3.88. The van der Waals surface area contributed by atoms with E-state index < -0.39 is 99.4 Å². The van der Waals surface area contributed by atoms with E-state index in [1.54, 1.807) is 0 Å². The first-order valence-corrected chi connectivity index (χ1v) is 9.73. The van der Waals surface area contributed by atoms with E-state index in [1.165, 1.54) is 0 Å². The highest BCUT2D eigenvalue weighted by Gasteiger charge is 2.71. The molecule has 0 radical (unpaired) electrons. The zero-order chi connectivity index (χ0) is 26.5. The van der Waals surface area contributed by atoms with E-state index in [9.17, 15) is 52.7 Å². The Bertz CT molecular complexity index is 695. The van der Waals surface area contributed by atoms with Gasteiger partial charge in [0.25, 0.3) is 11.8 Å². The van der Waals surface area contributed by atoms with Crippen molar-refractivity contribution in [3.8, 4) is 0 Å². The maximum absolute atomic E-state index is 15.4. The molecule has 0 aromatic heterocycles. The minimum absolute atomic E-state index is 0.196. The summed E-state index contributed by atoms with van der Waals surface area (Å²) in [5.74, 6) is -5.45. The predicted octanol–water partition coefficient (Wildman–Crippen LogP) is 5.68. The summed E-state index contributed by atoms with van der Waals surface area (Å²) in [6.07, 6.45) is -40.2. The van der Waals surface area contributed by atoms with Crippen LogP contribution >= 0.6 is 0 Å². The lowest BCUT2D eigenvalue weighted by Crippen LogP contribution is -2.68. The van der Waals surface area contributed by atoms with Crippen molar-refractivity contribution in [3.63, 3.8) is 0 Å². The molecule has 0 spiro atoms. The van der Waals surface area contributed by atoms with Gasteiger partial charge in [0.1, 0.15) is 12.2 Å². The molecule has 0 N–H and O–H groups in total. The third-order valence-electron chi connectivity index (χ3n) is 5.54. The number of hydrogen-bond acceptors (Lipinski definition) is 3. The molecule has 7 unspecified atom stereocenters. The van der Waals surface area contributed by atoms with Crippen LogP contribution in [0.5, 0.6) is 0 Å². The van der Waals surface area contributed by atoms with Crippen LogP contribution in [-0.4, -0.2) is 85.0 Å². The average Bonchev–Trinajstić information content (AvgIpc) is 2.69. The Morgan fingerprint density at radius 3 is 1.74 bits per heavy atom. The molecule has 0 aromatic carbocycles. The molecule has 0 saturated carbocycles. The van der Waals surface area contributed by atoms with Crippen molar-refractivity contribution in [3.05, 3.63) is 0 Å². The summed E-state index contributed by atoms with van der Waals surface area (Å²) in [6, 6.07) is 0. The molecule has 2 aliphatic heterocycles. The molecular weight excluding hydrogens is 516 g/mol. The first-order valence-electron chi connectivity index (χ1n) is 9.73. The topological polar surface area (TPSA) is 21.7 Å². The lowest BCUT2D eigenvalue weighted by atomic mass is 9.87. The van der Waals surface area contributed by atoms with Crippen LogP contribution in [0, 0.1) is 0 Å². The number of hydrogen-bond donors (Lipinski definition) is 0. The van der Waals surface area contributed by atoms with Gasteiger partial charge in [0.15, 0.2) is 12.4 Å². The number of nitrogens with zero attached hydrogens (tertiary/aromatic N) is 1. The van der Waals surface area contributed by atoms with Crippen molar-refractivity contribution in [2.75, 3.05) is 13.1 Å². The van der Waals surface area contributed by atoms with Crippen LogP contribution in [0.2, 0.25) is 0 Å². The molecule has 7 atom stereocenters. The Morgan fingerprint density at radius 1 is 0.735 bits per heavy atom. The molecule has 3 nitrogen and oxygen atoms in total. The van der Waals surface area contributed by atoms with Gasteiger partial charge in [-0.2, -0.15) is 39.5 Å². The number of ether oxygens (including phenoxy) is 2. The van der Waals surface area contributed by atoms with E-state index in [0.29, 0.717) is 0 Å². The molecule has 202 valence electrons. The second-order valence-corrected chi connectivity index (χ2v) is 8.16. The first-order chi connectivity index (χ1) is 15.1. The van der Waals surface area contributed by atoms with Gasteiger partial charge in [0.05, 0.1) is 6.10 Å². The second-order valence-electron chi connectivity index (χ2n) is 8.16. The molecule has 0 amide bonds. The van der Waals surface area contributed by atoms with Gasteiger partial charge < -0.3 is 9.47 Å². The van der Waals surface area contributed by atoms with Crippen LogP contribution in [0.25, 0.3) is 0 Å². The van der Waals surface area contributed by atoms with Gasteiger partial charge in [-0.25, -0.2) is 22.0 Å². The summed E-state index contributed by atoms with van der Waals surface area (Å²) in [6.45, 7) is -1.64. The molecule has 0 aromatic rings. The highest BCUT2D eigenvalue weighted by atomic mass is 19.4. The zero-order valence-electron chi connectivity index (χ0n) is 17.1. The summed E-state index contributed by atoms with van der Waals surface area (Å²) in [4.78, 5) is -0.196. The molecule has 0 aliphatic carbocycles. The highest BCUT2D eigenvalue weighted by Crippen LogP contribution is 2.49. The van der Waals surface area contributed by atoms with Crippen molar-refractivity contribution in [2.45, 2.75) is 93.2 Å². The Balaban J connectivity index is 2.37. The monoisotopic (exact) mass is 535 g/mol. The van der Waals surface area contributed by atoms with Crippen molar-refractivity contribution in [1.29, 1.82) is 0 Å². The van der Waals surface area contributed by atoms with Crippen molar-refractivity contribution in [1.82, 2.24) is 4.90 Å². The van der Waals surface area contributed by atoms with Crippen LogP contribution in [0.1, 0.15) is 26.2 Å². The van der Waals surface area contributed by atoms with E-state index in [4.69, 9.17) is 0 Å². The second kappa shape index (κ2) is 9.41. The number of morpholine rings is 1. The maximum Gasteiger partial charge on any atom is 0.429 e.